The zero-order chi connectivity index (χ0) is 12.0. The van der Waals surface area contributed by atoms with Gasteiger partial charge in [-0.15, -0.1) is 0 Å². The number of rotatable bonds is 6. The first-order chi connectivity index (χ1) is 7.69. The first kappa shape index (κ1) is 13.1. The molecule has 5 N–H and O–H groups in total. The minimum atomic E-state index is -0.402. The lowest BCUT2D eigenvalue weighted by atomic mass is 10.3. The maximum atomic E-state index is 11.3. The molecule has 0 spiro atoms. The molecule has 16 heavy (non-hydrogen) atoms. The van der Waals surface area contributed by atoms with Crippen LogP contribution in [0.3, 0.4) is 0 Å². The Morgan fingerprint density at radius 3 is 3.06 bits per heavy atom. The van der Waals surface area contributed by atoms with Gasteiger partial charge in [0.1, 0.15) is 0 Å². The lowest BCUT2D eigenvalue weighted by Crippen LogP contribution is -2.30. The van der Waals surface area contributed by atoms with Crippen LogP contribution in [0.25, 0.3) is 0 Å². The number of furan rings is 1. The number of hydrogen-bond donors (Lipinski definition) is 3. The van der Waals surface area contributed by atoms with Crippen LogP contribution >= 0.6 is 11.8 Å². The van der Waals surface area contributed by atoms with E-state index in [9.17, 15) is 4.79 Å². The SMILES string of the molecule is CCC(N)CSCc1ccoc1C(=O)NN. The molecule has 0 aromatic carbocycles. The van der Waals surface area contributed by atoms with Crippen LogP contribution < -0.4 is 17.0 Å². The van der Waals surface area contributed by atoms with E-state index in [-0.39, 0.29) is 11.8 Å². The van der Waals surface area contributed by atoms with Gasteiger partial charge in [0.25, 0.3) is 0 Å². The highest BCUT2D eigenvalue weighted by molar-refractivity contribution is 7.98. The van der Waals surface area contributed by atoms with Crippen molar-refractivity contribution < 1.29 is 9.21 Å². The predicted molar refractivity (Wildman–Crippen MR) is 64.8 cm³/mol. The third-order valence-corrected chi connectivity index (χ3v) is 3.38. The van der Waals surface area contributed by atoms with Gasteiger partial charge in [-0.1, -0.05) is 6.92 Å². The first-order valence-electron chi connectivity index (χ1n) is 5.09. The van der Waals surface area contributed by atoms with Gasteiger partial charge in [-0.3, -0.25) is 10.2 Å². The Hall–Kier alpha value is -0.980. The summed E-state index contributed by atoms with van der Waals surface area (Å²) in [5.74, 6) is 6.49. The van der Waals surface area contributed by atoms with Crippen LogP contribution in [0.15, 0.2) is 16.7 Å². The van der Waals surface area contributed by atoms with E-state index in [1.165, 1.54) is 6.26 Å². The van der Waals surface area contributed by atoms with E-state index in [1.54, 1.807) is 17.8 Å². The quantitative estimate of drug-likeness (QED) is 0.391. The molecule has 0 aliphatic carbocycles. The van der Waals surface area contributed by atoms with Crippen LogP contribution in [-0.4, -0.2) is 17.7 Å². The normalized spacial score (nSPS) is 12.4. The van der Waals surface area contributed by atoms with E-state index in [0.717, 1.165) is 17.7 Å². The highest BCUT2D eigenvalue weighted by Crippen LogP contribution is 2.18. The number of nitrogens with one attached hydrogen (secondary N) is 1. The number of hydrogen-bond acceptors (Lipinski definition) is 5. The van der Waals surface area contributed by atoms with Gasteiger partial charge >= 0.3 is 5.91 Å². The van der Waals surface area contributed by atoms with Crippen molar-refractivity contribution in [1.82, 2.24) is 5.43 Å². The molecule has 1 heterocycles. The monoisotopic (exact) mass is 243 g/mol. The molecule has 1 unspecified atom stereocenters. The second-order valence-corrected chi connectivity index (χ2v) is 4.46. The molecule has 0 radical (unpaired) electrons. The second kappa shape index (κ2) is 6.57. The minimum absolute atomic E-state index is 0.198. The van der Waals surface area contributed by atoms with E-state index in [4.69, 9.17) is 16.0 Å². The summed E-state index contributed by atoms with van der Waals surface area (Å²) < 4.78 is 5.06. The second-order valence-electron chi connectivity index (χ2n) is 3.43. The van der Waals surface area contributed by atoms with Crippen molar-refractivity contribution in [2.24, 2.45) is 11.6 Å². The summed E-state index contributed by atoms with van der Waals surface area (Å²) in [6.45, 7) is 2.05. The Kier molecular flexibility index (Phi) is 5.37. The molecule has 5 nitrogen and oxygen atoms in total. The number of hydrazine groups is 1. The van der Waals surface area contributed by atoms with Crippen LogP contribution in [0.2, 0.25) is 0 Å². The molecule has 0 fully saturated rings. The minimum Gasteiger partial charge on any atom is -0.459 e. The van der Waals surface area contributed by atoms with Crippen molar-refractivity contribution in [2.75, 3.05) is 5.75 Å². The van der Waals surface area contributed by atoms with Gasteiger partial charge in [0.2, 0.25) is 0 Å². The number of amides is 1. The lowest BCUT2D eigenvalue weighted by molar-refractivity contribution is 0.0925. The summed E-state index contributed by atoms with van der Waals surface area (Å²) in [5.41, 5.74) is 8.69. The maximum Gasteiger partial charge on any atom is 0.301 e. The fraction of sp³-hybridized carbons (Fsp3) is 0.500. The van der Waals surface area contributed by atoms with E-state index >= 15 is 0 Å². The van der Waals surface area contributed by atoms with Crippen LogP contribution in [0.1, 0.15) is 29.5 Å². The Labute approximate surface area is 98.9 Å². The average Bonchev–Trinajstić information content (AvgIpc) is 2.76. The molecule has 90 valence electrons. The average molecular weight is 243 g/mol. The summed E-state index contributed by atoms with van der Waals surface area (Å²) in [4.78, 5) is 11.3. The van der Waals surface area contributed by atoms with Gasteiger partial charge in [0.15, 0.2) is 5.76 Å². The maximum absolute atomic E-state index is 11.3. The van der Waals surface area contributed by atoms with Gasteiger partial charge in [0, 0.05) is 23.1 Å². The molecule has 0 saturated heterocycles. The third kappa shape index (κ3) is 3.55. The summed E-state index contributed by atoms with van der Waals surface area (Å²) in [6, 6.07) is 1.97. The van der Waals surface area contributed by atoms with Crippen LogP contribution in [0.5, 0.6) is 0 Å². The highest BCUT2D eigenvalue weighted by Gasteiger charge is 2.14. The predicted octanol–water partition coefficient (Wildman–Crippen LogP) is 0.854. The molecule has 0 saturated carbocycles. The number of nitrogen functional groups attached to an aromatic ring is 1. The number of nitrogens with two attached hydrogens (primary N) is 2. The molecule has 1 atom stereocenters. The van der Waals surface area contributed by atoms with Crippen LogP contribution in [-0.2, 0) is 5.75 Å². The van der Waals surface area contributed by atoms with Crippen LogP contribution in [0, 0.1) is 0 Å². The third-order valence-electron chi connectivity index (χ3n) is 2.20. The van der Waals surface area contributed by atoms with Crippen molar-refractivity contribution in [3.05, 3.63) is 23.7 Å². The van der Waals surface area contributed by atoms with Gasteiger partial charge in [-0.2, -0.15) is 11.8 Å². The Morgan fingerprint density at radius 2 is 2.44 bits per heavy atom. The molecule has 1 amide bonds. The van der Waals surface area contributed by atoms with E-state index in [0.29, 0.717) is 5.75 Å². The highest BCUT2D eigenvalue weighted by atomic mass is 32.2. The molecule has 0 bridgehead atoms. The lowest BCUT2D eigenvalue weighted by Gasteiger charge is -2.07. The summed E-state index contributed by atoms with van der Waals surface area (Å²) in [7, 11) is 0. The van der Waals surface area contributed by atoms with Gasteiger partial charge < -0.3 is 10.2 Å². The van der Waals surface area contributed by atoms with Crippen molar-refractivity contribution in [1.29, 1.82) is 0 Å². The summed E-state index contributed by atoms with van der Waals surface area (Å²) in [6.07, 6.45) is 2.44. The molecule has 6 heteroatoms. The standard InChI is InChI=1S/C10H17N3O2S/c1-2-8(11)6-16-5-7-3-4-15-9(7)10(14)13-12/h3-4,8H,2,5-6,11-12H2,1H3,(H,13,14). The number of thioether (sulfide) groups is 1. The molecule has 1 aromatic rings. The fourth-order valence-corrected chi connectivity index (χ4v) is 2.26. The molecule has 0 aliphatic heterocycles. The van der Waals surface area contributed by atoms with Crippen molar-refractivity contribution in [3.8, 4) is 0 Å². The zero-order valence-electron chi connectivity index (χ0n) is 9.23. The molecule has 0 aliphatic rings. The van der Waals surface area contributed by atoms with Gasteiger partial charge in [0.05, 0.1) is 6.26 Å². The van der Waals surface area contributed by atoms with Gasteiger partial charge in [-0.25, -0.2) is 5.84 Å². The van der Waals surface area contributed by atoms with Crippen molar-refractivity contribution in [2.45, 2.75) is 25.1 Å². The summed E-state index contributed by atoms with van der Waals surface area (Å²) in [5, 5.41) is 0. The summed E-state index contributed by atoms with van der Waals surface area (Å²) >= 11 is 1.68. The topological polar surface area (TPSA) is 94.3 Å². The fourth-order valence-electron chi connectivity index (χ4n) is 1.15. The molecular weight excluding hydrogens is 226 g/mol. The van der Waals surface area contributed by atoms with Crippen LogP contribution in [0.4, 0.5) is 0 Å². The van der Waals surface area contributed by atoms with Crippen molar-refractivity contribution in [3.63, 3.8) is 0 Å². The van der Waals surface area contributed by atoms with E-state index in [1.807, 2.05) is 0 Å². The number of carbonyl (C=O) groups is 1. The van der Waals surface area contributed by atoms with E-state index in [2.05, 4.69) is 12.3 Å². The molecule has 1 rings (SSSR count). The Balaban J connectivity index is 2.48. The number of carbonyl (C=O) groups excluding carboxylic acids is 1. The molecular formula is C10H17N3O2S. The van der Waals surface area contributed by atoms with Crippen molar-refractivity contribution >= 4 is 17.7 Å². The first-order valence-corrected chi connectivity index (χ1v) is 6.25. The van der Waals surface area contributed by atoms with E-state index < -0.39 is 5.91 Å². The van der Waals surface area contributed by atoms with Gasteiger partial charge in [-0.05, 0) is 12.5 Å². The Bertz CT molecular complexity index is 341. The molecule has 1 aromatic heterocycles. The largest absolute Gasteiger partial charge is 0.459 e. The Morgan fingerprint density at radius 1 is 1.69 bits per heavy atom. The smallest absolute Gasteiger partial charge is 0.301 e. The zero-order valence-corrected chi connectivity index (χ0v) is 10.0.